The van der Waals surface area contributed by atoms with Gasteiger partial charge in [0.05, 0.1) is 10.6 Å². The minimum atomic E-state index is -4.12. The van der Waals surface area contributed by atoms with Crippen LogP contribution in [0.3, 0.4) is 0 Å². The molecule has 2 amide bonds. The summed E-state index contributed by atoms with van der Waals surface area (Å²) in [6.07, 6.45) is 0.272. The van der Waals surface area contributed by atoms with Crippen LogP contribution >= 0.6 is 0 Å². The van der Waals surface area contributed by atoms with Crippen molar-refractivity contribution in [2.45, 2.75) is 50.7 Å². The summed E-state index contributed by atoms with van der Waals surface area (Å²) >= 11 is 0. The fourth-order valence-corrected chi connectivity index (χ4v) is 6.29. The summed E-state index contributed by atoms with van der Waals surface area (Å²) in [6, 6.07) is 33.0. The third kappa shape index (κ3) is 7.64. The molecule has 4 aromatic rings. The molecule has 0 spiro atoms. The quantitative estimate of drug-likeness (QED) is 0.244. The van der Waals surface area contributed by atoms with E-state index >= 15 is 0 Å². The highest BCUT2D eigenvalue weighted by Gasteiger charge is 2.35. The summed E-state index contributed by atoms with van der Waals surface area (Å²) in [5.41, 5.74) is 2.83. The lowest BCUT2D eigenvalue weighted by molar-refractivity contribution is -0.140. The molecule has 218 valence electrons. The summed E-state index contributed by atoms with van der Waals surface area (Å²) in [7, 11) is -4.12. The number of nitrogens with one attached hydrogen (secondary N) is 1. The molecule has 4 rings (SSSR count). The van der Waals surface area contributed by atoms with Crippen molar-refractivity contribution >= 4 is 27.5 Å². The third-order valence-electron chi connectivity index (χ3n) is 6.89. The lowest BCUT2D eigenvalue weighted by Crippen LogP contribution is -2.54. The van der Waals surface area contributed by atoms with Crippen LogP contribution in [-0.4, -0.2) is 43.8 Å². The molecule has 0 saturated carbocycles. The SMILES string of the molecule is Cc1ccccc1N(CC(=O)N(Cc1ccccc1)C(Cc1ccccc1)C(=O)NC(C)C)S(=O)(=O)c1ccccc1. The second kappa shape index (κ2) is 14.0. The van der Waals surface area contributed by atoms with Gasteiger partial charge in [-0.05, 0) is 55.7 Å². The number of benzene rings is 4. The molecule has 0 aliphatic carbocycles. The van der Waals surface area contributed by atoms with Gasteiger partial charge in [-0.2, -0.15) is 0 Å². The molecule has 0 aromatic heterocycles. The standard InChI is InChI=1S/C34H37N3O4S/c1-26(2)35-34(39)32(23-28-16-7-4-8-17-28)36(24-29-18-9-5-10-19-29)33(38)25-37(31-22-14-13-15-27(31)3)42(40,41)30-20-11-6-12-21-30/h4-22,26,32H,23-25H2,1-3H3,(H,35,39). The smallest absolute Gasteiger partial charge is 0.264 e. The van der Waals surface area contributed by atoms with Crippen LogP contribution < -0.4 is 9.62 Å². The van der Waals surface area contributed by atoms with Gasteiger partial charge in [-0.25, -0.2) is 8.42 Å². The molecule has 1 N–H and O–H groups in total. The maximum atomic E-state index is 14.4. The molecule has 0 bridgehead atoms. The van der Waals surface area contributed by atoms with Gasteiger partial charge in [-0.1, -0.05) is 97.1 Å². The van der Waals surface area contributed by atoms with Crippen LogP contribution in [-0.2, 0) is 32.6 Å². The van der Waals surface area contributed by atoms with E-state index in [1.165, 1.54) is 17.0 Å². The molecule has 1 atom stereocenters. The van der Waals surface area contributed by atoms with E-state index in [9.17, 15) is 18.0 Å². The molecule has 1 unspecified atom stereocenters. The zero-order chi connectivity index (χ0) is 30.1. The predicted molar refractivity (Wildman–Crippen MR) is 166 cm³/mol. The van der Waals surface area contributed by atoms with E-state index in [0.717, 1.165) is 15.4 Å². The first-order chi connectivity index (χ1) is 20.2. The number of para-hydroxylation sites is 1. The zero-order valence-electron chi connectivity index (χ0n) is 24.2. The monoisotopic (exact) mass is 583 g/mol. The maximum absolute atomic E-state index is 14.4. The molecule has 0 saturated heterocycles. The number of anilines is 1. The Bertz CT molecular complexity index is 1580. The van der Waals surface area contributed by atoms with E-state index in [-0.39, 0.29) is 29.8 Å². The van der Waals surface area contributed by atoms with Crippen LogP contribution in [0.4, 0.5) is 5.69 Å². The van der Waals surface area contributed by atoms with Crippen molar-refractivity contribution in [1.82, 2.24) is 10.2 Å². The molecule has 7 nitrogen and oxygen atoms in total. The van der Waals surface area contributed by atoms with Crippen LogP contribution in [0.1, 0.15) is 30.5 Å². The molecule has 0 aliphatic heterocycles. The molecular formula is C34H37N3O4S. The van der Waals surface area contributed by atoms with Crippen LogP contribution in [0.2, 0.25) is 0 Å². The number of sulfonamides is 1. The van der Waals surface area contributed by atoms with Gasteiger partial charge in [-0.3, -0.25) is 13.9 Å². The van der Waals surface area contributed by atoms with Crippen molar-refractivity contribution in [3.8, 4) is 0 Å². The second-order valence-corrected chi connectivity index (χ2v) is 12.3. The summed E-state index contributed by atoms with van der Waals surface area (Å²) in [5.74, 6) is -0.784. The summed E-state index contributed by atoms with van der Waals surface area (Å²) in [4.78, 5) is 29.7. The molecule has 8 heteroatoms. The first-order valence-corrected chi connectivity index (χ1v) is 15.4. The average Bonchev–Trinajstić information content (AvgIpc) is 2.99. The van der Waals surface area contributed by atoms with E-state index in [4.69, 9.17) is 0 Å². The van der Waals surface area contributed by atoms with Crippen molar-refractivity contribution in [1.29, 1.82) is 0 Å². The van der Waals surface area contributed by atoms with E-state index in [1.807, 2.05) is 93.6 Å². The van der Waals surface area contributed by atoms with Crippen LogP contribution in [0.25, 0.3) is 0 Å². The predicted octanol–water partition coefficient (Wildman–Crippen LogP) is 5.36. The number of nitrogens with zero attached hydrogens (tertiary/aromatic N) is 2. The van der Waals surface area contributed by atoms with Crippen LogP contribution in [0.15, 0.2) is 120 Å². The highest BCUT2D eigenvalue weighted by molar-refractivity contribution is 7.92. The van der Waals surface area contributed by atoms with Crippen molar-refractivity contribution in [3.63, 3.8) is 0 Å². The van der Waals surface area contributed by atoms with Gasteiger partial charge in [-0.15, -0.1) is 0 Å². The molecule has 4 aromatic carbocycles. The van der Waals surface area contributed by atoms with Crippen LogP contribution in [0, 0.1) is 6.92 Å². The fourth-order valence-electron chi connectivity index (χ4n) is 4.79. The van der Waals surface area contributed by atoms with E-state index < -0.39 is 28.5 Å². The number of aryl methyl sites for hydroxylation is 1. The van der Waals surface area contributed by atoms with Gasteiger partial charge < -0.3 is 10.2 Å². The highest BCUT2D eigenvalue weighted by Crippen LogP contribution is 2.27. The van der Waals surface area contributed by atoms with E-state index in [1.54, 1.807) is 30.3 Å². The summed E-state index contributed by atoms with van der Waals surface area (Å²) in [6.45, 7) is 5.20. The normalized spacial score (nSPS) is 12.0. The van der Waals surface area contributed by atoms with Crippen molar-refractivity contribution in [2.75, 3.05) is 10.8 Å². The Kier molecular flexibility index (Phi) is 10.1. The van der Waals surface area contributed by atoms with Crippen LogP contribution in [0.5, 0.6) is 0 Å². The Hall–Kier alpha value is -4.43. The Balaban J connectivity index is 1.79. The Labute approximate surface area is 248 Å². The Morgan fingerprint density at radius 2 is 1.26 bits per heavy atom. The topological polar surface area (TPSA) is 86.8 Å². The first-order valence-electron chi connectivity index (χ1n) is 14.0. The van der Waals surface area contributed by atoms with Gasteiger partial charge in [0, 0.05) is 19.0 Å². The molecule has 42 heavy (non-hydrogen) atoms. The fraction of sp³-hybridized carbons (Fsp3) is 0.235. The molecule has 0 heterocycles. The highest BCUT2D eigenvalue weighted by atomic mass is 32.2. The molecule has 0 fully saturated rings. The minimum absolute atomic E-state index is 0.0778. The van der Waals surface area contributed by atoms with Gasteiger partial charge in [0.15, 0.2) is 0 Å². The summed E-state index contributed by atoms with van der Waals surface area (Å²) in [5, 5.41) is 2.97. The first kappa shape index (κ1) is 30.5. The van der Waals surface area contributed by atoms with E-state index in [0.29, 0.717) is 11.3 Å². The van der Waals surface area contributed by atoms with Gasteiger partial charge in [0.25, 0.3) is 10.0 Å². The van der Waals surface area contributed by atoms with Crippen molar-refractivity contribution in [2.24, 2.45) is 0 Å². The van der Waals surface area contributed by atoms with E-state index in [2.05, 4.69) is 5.32 Å². The molecular weight excluding hydrogens is 546 g/mol. The Morgan fingerprint density at radius 1 is 0.738 bits per heavy atom. The number of hydrogen-bond donors (Lipinski definition) is 1. The minimum Gasteiger partial charge on any atom is -0.352 e. The number of rotatable bonds is 12. The van der Waals surface area contributed by atoms with Crippen molar-refractivity contribution in [3.05, 3.63) is 132 Å². The largest absolute Gasteiger partial charge is 0.352 e. The van der Waals surface area contributed by atoms with Gasteiger partial charge in [0.1, 0.15) is 12.6 Å². The molecule has 0 aliphatic rings. The number of carbonyl (C=O) groups is 2. The average molecular weight is 584 g/mol. The lowest BCUT2D eigenvalue weighted by atomic mass is 10.0. The zero-order valence-corrected chi connectivity index (χ0v) is 25.0. The third-order valence-corrected chi connectivity index (χ3v) is 8.67. The van der Waals surface area contributed by atoms with Gasteiger partial charge >= 0.3 is 0 Å². The number of carbonyl (C=O) groups excluding carboxylic acids is 2. The lowest BCUT2D eigenvalue weighted by Gasteiger charge is -2.34. The summed E-state index contributed by atoms with van der Waals surface area (Å²) < 4.78 is 29.2. The van der Waals surface area contributed by atoms with Crippen molar-refractivity contribution < 1.29 is 18.0 Å². The maximum Gasteiger partial charge on any atom is 0.264 e. The Morgan fingerprint density at radius 3 is 1.83 bits per heavy atom. The second-order valence-electron chi connectivity index (χ2n) is 10.5. The molecule has 0 radical (unpaired) electrons. The van der Waals surface area contributed by atoms with Gasteiger partial charge in [0.2, 0.25) is 11.8 Å². The number of amides is 2. The number of hydrogen-bond acceptors (Lipinski definition) is 4.